The Morgan fingerprint density at radius 3 is 2.50 bits per heavy atom. The zero-order chi connectivity index (χ0) is 14.3. The Morgan fingerprint density at radius 1 is 1.20 bits per heavy atom. The summed E-state index contributed by atoms with van der Waals surface area (Å²) in [6, 6.07) is 6.66. The molecule has 1 N–H and O–H groups in total. The molecule has 2 aliphatic rings. The first kappa shape index (κ1) is 14.0. The highest BCUT2D eigenvalue weighted by molar-refractivity contribution is 7.86. The molecule has 0 heterocycles. The van der Waals surface area contributed by atoms with E-state index in [2.05, 4.69) is 0 Å². The molecule has 5 heteroatoms. The van der Waals surface area contributed by atoms with E-state index in [0.717, 1.165) is 24.8 Å². The molecule has 0 radical (unpaired) electrons. The lowest BCUT2D eigenvalue weighted by atomic mass is 9.87. The van der Waals surface area contributed by atoms with Gasteiger partial charge in [-0.05, 0) is 56.1 Å². The lowest BCUT2D eigenvalue weighted by Crippen LogP contribution is -2.28. The van der Waals surface area contributed by atoms with Gasteiger partial charge in [-0.25, -0.2) is 0 Å². The SMILES string of the molecule is Cc1ccc(S(=O)(=O)OC[C@@H]2C[C@@H]3C[C@H]2[C@@H](O)C3)cc1. The molecular weight excluding hydrogens is 276 g/mol. The van der Waals surface area contributed by atoms with E-state index in [1.54, 1.807) is 24.3 Å². The molecule has 0 amide bonds. The Morgan fingerprint density at radius 2 is 1.90 bits per heavy atom. The van der Waals surface area contributed by atoms with Crippen molar-refractivity contribution in [3.63, 3.8) is 0 Å². The molecule has 2 bridgehead atoms. The quantitative estimate of drug-likeness (QED) is 0.864. The van der Waals surface area contributed by atoms with Crippen LogP contribution < -0.4 is 0 Å². The summed E-state index contributed by atoms with van der Waals surface area (Å²) in [4.78, 5) is 0.201. The molecule has 2 aliphatic carbocycles. The van der Waals surface area contributed by atoms with E-state index in [1.165, 1.54) is 0 Å². The predicted molar refractivity (Wildman–Crippen MR) is 74.6 cm³/mol. The first-order valence-corrected chi connectivity index (χ1v) is 8.51. The van der Waals surface area contributed by atoms with Gasteiger partial charge in [-0.15, -0.1) is 0 Å². The van der Waals surface area contributed by atoms with Gasteiger partial charge in [0.2, 0.25) is 0 Å². The van der Waals surface area contributed by atoms with Crippen LogP contribution in [0.15, 0.2) is 29.2 Å². The van der Waals surface area contributed by atoms with Gasteiger partial charge in [0, 0.05) is 0 Å². The Kier molecular flexibility index (Phi) is 3.60. The molecule has 4 atom stereocenters. The summed E-state index contributed by atoms with van der Waals surface area (Å²) in [7, 11) is -3.68. The molecule has 1 aromatic rings. The van der Waals surface area contributed by atoms with Crippen LogP contribution in [0.25, 0.3) is 0 Å². The smallest absolute Gasteiger partial charge is 0.296 e. The van der Waals surface area contributed by atoms with Gasteiger partial charge in [-0.1, -0.05) is 17.7 Å². The topological polar surface area (TPSA) is 63.6 Å². The number of aliphatic hydroxyl groups excluding tert-OH is 1. The zero-order valence-corrected chi connectivity index (χ0v) is 12.3. The summed E-state index contributed by atoms with van der Waals surface area (Å²) in [5, 5.41) is 9.86. The van der Waals surface area contributed by atoms with E-state index in [1.807, 2.05) is 6.92 Å². The van der Waals surface area contributed by atoms with Crippen molar-refractivity contribution in [2.45, 2.75) is 37.2 Å². The predicted octanol–water partition coefficient (Wildman–Crippen LogP) is 2.11. The minimum atomic E-state index is -3.68. The first-order chi connectivity index (χ1) is 9.45. The van der Waals surface area contributed by atoms with Crippen LogP contribution in [0, 0.1) is 24.7 Å². The number of hydrogen-bond acceptors (Lipinski definition) is 4. The van der Waals surface area contributed by atoms with E-state index in [4.69, 9.17) is 4.18 Å². The Labute approximate surface area is 119 Å². The third-order valence-corrected chi connectivity index (χ3v) is 5.96. The average molecular weight is 296 g/mol. The lowest BCUT2D eigenvalue weighted by molar-refractivity contribution is 0.0622. The molecule has 0 aliphatic heterocycles. The number of aliphatic hydroxyl groups is 1. The summed E-state index contributed by atoms with van der Waals surface area (Å²) in [5.41, 5.74) is 1.01. The van der Waals surface area contributed by atoms with Crippen molar-refractivity contribution in [3.8, 4) is 0 Å². The molecule has 3 rings (SSSR count). The van der Waals surface area contributed by atoms with E-state index in [9.17, 15) is 13.5 Å². The second-order valence-electron chi connectivity index (χ2n) is 6.12. The fourth-order valence-corrected chi connectivity index (χ4v) is 4.56. The highest BCUT2D eigenvalue weighted by Crippen LogP contribution is 2.48. The maximum absolute atomic E-state index is 12.1. The van der Waals surface area contributed by atoms with Crippen LogP contribution in [0.3, 0.4) is 0 Å². The second kappa shape index (κ2) is 5.13. The number of aryl methyl sites for hydroxylation is 1. The van der Waals surface area contributed by atoms with Gasteiger partial charge in [-0.3, -0.25) is 4.18 Å². The third-order valence-electron chi connectivity index (χ3n) is 4.66. The van der Waals surface area contributed by atoms with Crippen molar-refractivity contribution in [2.24, 2.45) is 17.8 Å². The largest absolute Gasteiger partial charge is 0.393 e. The van der Waals surface area contributed by atoms with Crippen LogP contribution >= 0.6 is 0 Å². The molecule has 20 heavy (non-hydrogen) atoms. The number of fused-ring (bicyclic) bond motifs is 2. The number of benzene rings is 1. The Balaban J connectivity index is 1.64. The molecule has 4 nitrogen and oxygen atoms in total. The Bertz CT molecular complexity index is 578. The van der Waals surface area contributed by atoms with Crippen LogP contribution in [0.2, 0.25) is 0 Å². The molecule has 110 valence electrons. The molecule has 2 saturated carbocycles. The minimum Gasteiger partial charge on any atom is -0.393 e. The van der Waals surface area contributed by atoms with Crippen LogP contribution in [0.4, 0.5) is 0 Å². The molecular formula is C15H20O4S. The zero-order valence-electron chi connectivity index (χ0n) is 11.5. The summed E-state index contributed by atoms with van der Waals surface area (Å²) < 4.78 is 29.4. The maximum atomic E-state index is 12.1. The van der Waals surface area contributed by atoms with Gasteiger partial charge in [0.15, 0.2) is 0 Å². The van der Waals surface area contributed by atoms with Gasteiger partial charge in [0.1, 0.15) is 0 Å². The number of hydrogen-bond donors (Lipinski definition) is 1. The number of rotatable bonds is 4. The Hall–Kier alpha value is -0.910. The van der Waals surface area contributed by atoms with Crippen molar-refractivity contribution >= 4 is 10.1 Å². The highest BCUT2D eigenvalue weighted by Gasteiger charge is 2.45. The van der Waals surface area contributed by atoms with Gasteiger partial charge in [0.05, 0.1) is 17.6 Å². The van der Waals surface area contributed by atoms with Crippen LogP contribution in [0.5, 0.6) is 0 Å². The van der Waals surface area contributed by atoms with Crippen LogP contribution in [-0.2, 0) is 14.3 Å². The summed E-state index contributed by atoms with van der Waals surface area (Å²) >= 11 is 0. The van der Waals surface area contributed by atoms with Crippen molar-refractivity contribution in [3.05, 3.63) is 29.8 Å². The normalized spacial score (nSPS) is 32.7. The maximum Gasteiger partial charge on any atom is 0.296 e. The van der Waals surface area contributed by atoms with Gasteiger partial charge in [0.25, 0.3) is 10.1 Å². The highest BCUT2D eigenvalue weighted by atomic mass is 32.2. The van der Waals surface area contributed by atoms with E-state index < -0.39 is 10.1 Å². The summed E-state index contributed by atoms with van der Waals surface area (Å²) in [6.07, 6.45) is 2.58. The van der Waals surface area contributed by atoms with Gasteiger partial charge in [-0.2, -0.15) is 8.42 Å². The van der Waals surface area contributed by atoms with Crippen LogP contribution in [-0.4, -0.2) is 26.2 Å². The minimum absolute atomic E-state index is 0.170. The molecule has 2 fully saturated rings. The fraction of sp³-hybridized carbons (Fsp3) is 0.600. The molecule has 0 saturated heterocycles. The second-order valence-corrected chi connectivity index (χ2v) is 7.73. The van der Waals surface area contributed by atoms with Crippen molar-refractivity contribution in [1.29, 1.82) is 0 Å². The van der Waals surface area contributed by atoms with Gasteiger partial charge >= 0.3 is 0 Å². The van der Waals surface area contributed by atoms with E-state index in [0.29, 0.717) is 5.92 Å². The molecule has 0 unspecified atom stereocenters. The standard InChI is InChI=1S/C15H20O4S/c1-10-2-4-13(5-3-10)20(17,18)19-9-12-6-11-7-14(12)15(16)8-11/h2-5,11-12,14-16H,6-9H2,1H3/t11-,12+,14-,15+/m1/s1. The fourth-order valence-electron chi connectivity index (χ4n) is 3.60. The van der Waals surface area contributed by atoms with Crippen molar-refractivity contribution in [1.82, 2.24) is 0 Å². The molecule has 0 spiro atoms. The molecule has 1 aromatic carbocycles. The first-order valence-electron chi connectivity index (χ1n) is 7.10. The van der Waals surface area contributed by atoms with E-state index in [-0.39, 0.29) is 29.4 Å². The molecule has 0 aromatic heterocycles. The lowest BCUT2D eigenvalue weighted by Gasteiger charge is -2.25. The van der Waals surface area contributed by atoms with Gasteiger partial charge < -0.3 is 5.11 Å². The average Bonchev–Trinajstić information content (AvgIpc) is 2.95. The van der Waals surface area contributed by atoms with Crippen LogP contribution in [0.1, 0.15) is 24.8 Å². The van der Waals surface area contributed by atoms with Crippen molar-refractivity contribution < 1.29 is 17.7 Å². The summed E-state index contributed by atoms with van der Waals surface area (Å²) in [6.45, 7) is 2.10. The summed E-state index contributed by atoms with van der Waals surface area (Å²) in [5.74, 6) is 0.933. The third kappa shape index (κ3) is 2.62. The monoisotopic (exact) mass is 296 g/mol. The van der Waals surface area contributed by atoms with E-state index >= 15 is 0 Å². The van der Waals surface area contributed by atoms with Crippen molar-refractivity contribution in [2.75, 3.05) is 6.61 Å².